The Morgan fingerprint density at radius 1 is 0.529 bits per heavy atom. The minimum Gasteiger partial charge on any atom is -0.507 e. The highest BCUT2D eigenvalue weighted by Gasteiger charge is 2.08. The number of ketones is 2. The van der Waals surface area contributed by atoms with Gasteiger partial charge in [0.15, 0.2) is 11.6 Å². The van der Waals surface area contributed by atoms with E-state index in [1.807, 2.05) is 48.5 Å². The van der Waals surface area contributed by atoms with Gasteiger partial charge in [0.1, 0.15) is 11.5 Å². The van der Waals surface area contributed by atoms with Crippen LogP contribution in [0, 0.1) is 0 Å². The topological polar surface area (TPSA) is 74.6 Å². The van der Waals surface area contributed by atoms with Crippen LogP contribution in [0.3, 0.4) is 0 Å². The smallest absolute Gasteiger partial charge is 0.189 e. The standard InChI is InChI=1S/C30H22O4/c31-27-13-3-1-11-25(27)29(33)17-15-21-7-5-9-23(19-21)24-10-6-8-22(20-24)16-18-30(34)26-12-2-4-14-28(26)32/h1-20,31-32H/b17-15+,18-16+. The van der Waals surface area contributed by atoms with Crippen molar-refractivity contribution in [3.63, 3.8) is 0 Å². The SMILES string of the molecule is O=C(/C=C/c1cccc(-c2cccc(/C=C/C(=O)c3ccccc3O)c2)c1)c1ccccc1O. The molecule has 34 heavy (non-hydrogen) atoms. The summed E-state index contributed by atoms with van der Waals surface area (Å²) in [5.41, 5.74) is 4.12. The zero-order valence-electron chi connectivity index (χ0n) is 18.3. The van der Waals surface area contributed by atoms with Crippen LogP contribution in [0.1, 0.15) is 31.8 Å². The molecule has 0 atom stereocenters. The van der Waals surface area contributed by atoms with Crippen molar-refractivity contribution in [2.45, 2.75) is 0 Å². The summed E-state index contributed by atoms with van der Waals surface area (Å²) >= 11 is 0. The highest BCUT2D eigenvalue weighted by atomic mass is 16.3. The molecule has 4 heteroatoms. The number of hydrogen-bond donors (Lipinski definition) is 2. The molecule has 0 aliphatic carbocycles. The summed E-state index contributed by atoms with van der Waals surface area (Å²) in [6.07, 6.45) is 6.32. The molecular formula is C30H22O4. The highest BCUT2D eigenvalue weighted by Crippen LogP contribution is 2.24. The molecule has 4 nitrogen and oxygen atoms in total. The molecule has 0 spiro atoms. The van der Waals surface area contributed by atoms with Gasteiger partial charge >= 0.3 is 0 Å². The lowest BCUT2D eigenvalue weighted by molar-refractivity contribution is 0.103. The quantitative estimate of drug-likeness (QED) is 0.249. The van der Waals surface area contributed by atoms with Crippen LogP contribution in [0.2, 0.25) is 0 Å². The first-order valence-electron chi connectivity index (χ1n) is 10.7. The number of benzene rings is 4. The molecule has 166 valence electrons. The molecule has 0 saturated heterocycles. The maximum Gasteiger partial charge on any atom is 0.189 e. The van der Waals surface area contributed by atoms with Crippen molar-refractivity contribution >= 4 is 23.7 Å². The molecule has 2 N–H and O–H groups in total. The van der Waals surface area contributed by atoms with Gasteiger partial charge in [-0.3, -0.25) is 9.59 Å². The average Bonchev–Trinajstić information content (AvgIpc) is 2.87. The second kappa shape index (κ2) is 10.3. The molecule has 0 unspecified atom stereocenters. The molecular weight excluding hydrogens is 424 g/mol. The highest BCUT2D eigenvalue weighted by molar-refractivity contribution is 6.09. The zero-order chi connectivity index (χ0) is 23.9. The van der Waals surface area contributed by atoms with Crippen molar-refractivity contribution in [3.05, 3.63) is 131 Å². The Morgan fingerprint density at radius 3 is 1.35 bits per heavy atom. The van der Waals surface area contributed by atoms with E-state index in [9.17, 15) is 19.8 Å². The van der Waals surface area contributed by atoms with Gasteiger partial charge in [0.05, 0.1) is 11.1 Å². The van der Waals surface area contributed by atoms with Gasteiger partial charge in [-0.25, -0.2) is 0 Å². The molecule has 0 heterocycles. The predicted octanol–water partition coefficient (Wildman–Crippen LogP) is 6.56. The van der Waals surface area contributed by atoms with Gasteiger partial charge in [-0.15, -0.1) is 0 Å². The molecule has 4 aromatic carbocycles. The van der Waals surface area contributed by atoms with Crippen LogP contribution in [-0.4, -0.2) is 21.8 Å². The Hall–Kier alpha value is -4.70. The maximum atomic E-state index is 12.4. The fraction of sp³-hybridized carbons (Fsp3) is 0. The number of carbonyl (C=O) groups is 2. The molecule has 0 amide bonds. The summed E-state index contributed by atoms with van der Waals surface area (Å²) in [4.78, 5) is 24.8. The number of allylic oxidation sites excluding steroid dienone is 2. The second-order valence-electron chi connectivity index (χ2n) is 7.68. The van der Waals surface area contributed by atoms with Crippen LogP contribution in [0.5, 0.6) is 11.5 Å². The Morgan fingerprint density at radius 2 is 0.941 bits per heavy atom. The molecule has 0 aromatic heterocycles. The van der Waals surface area contributed by atoms with Crippen LogP contribution < -0.4 is 0 Å². The normalized spacial score (nSPS) is 11.2. The van der Waals surface area contributed by atoms with E-state index < -0.39 is 0 Å². The lowest BCUT2D eigenvalue weighted by Crippen LogP contribution is -1.94. The van der Waals surface area contributed by atoms with E-state index in [0.29, 0.717) is 0 Å². The molecule has 0 bridgehead atoms. The molecule has 0 radical (unpaired) electrons. The minimum absolute atomic E-state index is 0.0447. The third-order valence-electron chi connectivity index (χ3n) is 5.30. The summed E-state index contributed by atoms with van der Waals surface area (Å²) in [6.45, 7) is 0. The van der Waals surface area contributed by atoms with Crippen molar-refractivity contribution in [2.75, 3.05) is 0 Å². The summed E-state index contributed by atoms with van der Waals surface area (Å²) in [6, 6.07) is 28.4. The first-order valence-corrected chi connectivity index (χ1v) is 10.7. The van der Waals surface area contributed by atoms with Gasteiger partial charge in [-0.05, 0) is 70.8 Å². The Bertz CT molecular complexity index is 1300. The van der Waals surface area contributed by atoms with Crippen molar-refractivity contribution < 1.29 is 19.8 Å². The largest absolute Gasteiger partial charge is 0.507 e. The van der Waals surface area contributed by atoms with E-state index in [2.05, 4.69) is 0 Å². The number of rotatable bonds is 7. The van der Waals surface area contributed by atoms with Crippen molar-refractivity contribution in [2.24, 2.45) is 0 Å². The monoisotopic (exact) mass is 446 g/mol. The average molecular weight is 447 g/mol. The summed E-state index contributed by atoms with van der Waals surface area (Å²) in [5.74, 6) is -0.636. The van der Waals surface area contributed by atoms with E-state index in [1.165, 1.54) is 24.3 Å². The van der Waals surface area contributed by atoms with Crippen LogP contribution >= 0.6 is 0 Å². The number of hydrogen-bond acceptors (Lipinski definition) is 4. The fourth-order valence-corrected chi connectivity index (χ4v) is 3.53. The summed E-state index contributed by atoms with van der Waals surface area (Å²) in [5, 5.41) is 19.7. The lowest BCUT2D eigenvalue weighted by atomic mass is 10.00. The molecule has 0 fully saturated rings. The molecule has 0 saturated carbocycles. The lowest BCUT2D eigenvalue weighted by Gasteiger charge is -2.05. The van der Waals surface area contributed by atoms with E-state index in [1.54, 1.807) is 48.6 Å². The van der Waals surface area contributed by atoms with Crippen molar-refractivity contribution in [1.29, 1.82) is 0 Å². The Balaban J connectivity index is 1.52. The van der Waals surface area contributed by atoms with Gasteiger partial charge in [0.2, 0.25) is 0 Å². The van der Waals surface area contributed by atoms with Crippen molar-refractivity contribution in [1.82, 2.24) is 0 Å². The van der Waals surface area contributed by atoms with E-state index in [4.69, 9.17) is 0 Å². The van der Waals surface area contributed by atoms with Crippen LogP contribution in [0.25, 0.3) is 23.3 Å². The fourth-order valence-electron chi connectivity index (χ4n) is 3.53. The number of phenolic OH excluding ortho intramolecular Hbond substituents is 2. The first kappa shape index (κ1) is 22.5. The zero-order valence-corrected chi connectivity index (χ0v) is 18.3. The first-order chi connectivity index (χ1) is 16.5. The van der Waals surface area contributed by atoms with Crippen LogP contribution in [0.15, 0.2) is 109 Å². The van der Waals surface area contributed by atoms with Gasteiger partial charge in [0, 0.05) is 0 Å². The summed E-state index contributed by atoms with van der Waals surface area (Å²) in [7, 11) is 0. The minimum atomic E-state index is -0.273. The van der Waals surface area contributed by atoms with Gasteiger partial charge in [-0.1, -0.05) is 72.8 Å². The Labute approximate surface area is 197 Å². The number of phenols is 2. The predicted molar refractivity (Wildman–Crippen MR) is 135 cm³/mol. The second-order valence-corrected chi connectivity index (χ2v) is 7.68. The number of para-hydroxylation sites is 2. The van der Waals surface area contributed by atoms with Crippen LogP contribution in [-0.2, 0) is 0 Å². The van der Waals surface area contributed by atoms with E-state index in [-0.39, 0.29) is 34.2 Å². The molecule has 0 aliphatic rings. The van der Waals surface area contributed by atoms with E-state index >= 15 is 0 Å². The van der Waals surface area contributed by atoms with Gasteiger partial charge in [-0.2, -0.15) is 0 Å². The number of carbonyl (C=O) groups excluding carboxylic acids is 2. The Kier molecular flexibility index (Phi) is 6.80. The van der Waals surface area contributed by atoms with Crippen LogP contribution in [0.4, 0.5) is 0 Å². The van der Waals surface area contributed by atoms with Crippen molar-refractivity contribution in [3.8, 4) is 22.6 Å². The number of aromatic hydroxyl groups is 2. The third kappa shape index (κ3) is 5.37. The van der Waals surface area contributed by atoms with E-state index in [0.717, 1.165) is 22.3 Å². The van der Waals surface area contributed by atoms with Gasteiger partial charge in [0.25, 0.3) is 0 Å². The molecule has 0 aliphatic heterocycles. The van der Waals surface area contributed by atoms with Gasteiger partial charge < -0.3 is 10.2 Å². The summed E-state index contributed by atoms with van der Waals surface area (Å²) < 4.78 is 0. The molecule has 4 aromatic rings. The third-order valence-corrected chi connectivity index (χ3v) is 5.30. The molecule has 4 rings (SSSR count). The maximum absolute atomic E-state index is 12.4.